The van der Waals surface area contributed by atoms with E-state index in [9.17, 15) is 4.79 Å². The van der Waals surface area contributed by atoms with E-state index in [-0.39, 0.29) is 24.5 Å². The lowest BCUT2D eigenvalue weighted by molar-refractivity contribution is -0.122. The third-order valence-electron chi connectivity index (χ3n) is 3.60. The number of carbonyl (C=O) groups is 1. The van der Waals surface area contributed by atoms with Crippen molar-refractivity contribution in [3.8, 4) is 11.4 Å². The monoisotopic (exact) mass is 317 g/mol. The predicted octanol–water partition coefficient (Wildman–Crippen LogP) is 1.17. The van der Waals surface area contributed by atoms with Crippen LogP contribution in [0.4, 0.5) is 0 Å². The third-order valence-corrected chi connectivity index (χ3v) is 3.60. The number of benzene rings is 1. The van der Waals surface area contributed by atoms with Crippen molar-refractivity contribution in [2.45, 2.75) is 33.7 Å². The standard InChI is InChI=1S/C16H23N5O2/c1-12-4-6-13(7-5-12)15-18-20-21(19-15)10-14(23)17-11-16(2,3)8-9-22/h4-7,22H,8-11H2,1-3H3,(H,17,23). The van der Waals surface area contributed by atoms with E-state index in [0.29, 0.717) is 18.8 Å². The average Bonchev–Trinajstić information content (AvgIpc) is 2.94. The van der Waals surface area contributed by atoms with Crippen molar-refractivity contribution in [1.29, 1.82) is 0 Å². The van der Waals surface area contributed by atoms with Gasteiger partial charge in [0.25, 0.3) is 0 Å². The first-order chi connectivity index (χ1) is 10.9. The smallest absolute Gasteiger partial charge is 0.243 e. The summed E-state index contributed by atoms with van der Waals surface area (Å²) in [5.74, 6) is 0.322. The Kier molecular flexibility index (Phi) is 5.44. The normalized spacial score (nSPS) is 11.5. The Morgan fingerprint density at radius 3 is 2.65 bits per heavy atom. The van der Waals surface area contributed by atoms with Crippen LogP contribution in [-0.2, 0) is 11.3 Å². The number of carbonyl (C=O) groups excluding carboxylic acids is 1. The Hall–Kier alpha value is -2.28. The van der Waals surface area contributed by atoms with Crippen LogP contribution in [0.1, 0.15) is 25.8 Å². The van der Waals surface area contributed by atoms with E-state index in [1.807, 2.05) is 45.0 Å². The summed E-state index contributed by atoms with van der Waals surface area (Å²) in [7, 11) is 0. The molecule has 0 unspecified atom stereocenters. The maximum absolute atomic E-state index is 12.0. The molecule has 0 fully saturated rings. The highest BCUT2D eigenvalue weighted by atomic mass is 16.3. The molecular formula is C16H23N5O2. The topological polar surface area (TPSA) is 92.9 Å². The van der Waals surface area contributed by atoms with Gasteiger partial charge in [0, 0.05) is 18.7 Å². The number of hydrogen-bond donors (Lipinski definition) is 2. The van der Waals surface area contributed by atoms with Gasteiger partial charge in [-0.25, -0.2) is 0 Å². The number of amides is 1. The van der Waals surface area contributed by atoms with Crippen molar-refractivity contribution < 1.29 is 9.90 Å². The quantitative estimate of drug-likeness (QED) is 0.800. The van der Waals surface area contributed by atoms with Crippen LogP contribution < -0.4 is 5.32 Å². The first kappa shape index (κ1) is 17.1. The lowest BCUT2D eigenvalue weighted by Crippen LogP contribution is -2.36. The van der Waals surface area contributed by atoms with Gasteiger partial charge in [0.05, 0.1) is 0 Å². The van der Waals surface area contributed by atoms with Gasteiger partial charge in [-0.3, -0.25) is 4.79 Å². The third kappa shape index (κ3) is 5.14. The average molecular weight is 317 g/mol. The molecule has 0 atom stereocenters. The van der Waals surface area contributed by atoms with Gasteiger partial charge in [-0.2, -0.15) is 4.80 Å². The zero-order valence-electron chi connectivity index (χ0n) is 13.8. The van der Waals surface area contributed by atoms with Crippen LogP contribution in [0.2, 0.25) is 0 Å². The molecular weight excluding hydrogens is 294 g/mol. The van der Waals surface area contributed by atoms with Gasteiger partial charge in [-0.05, 0) is 24.0 Å². The molecule has 7 heteroatoms. The summed E-state index contributed by atoms with van der Waals surface area (Å²) in [6, 6.07) is 7.81. The number of hydrogen-bond acceptors (Lipinski definition) is 5. The maximum atomic E-state index is 12.0. The van der Waals surface area contributed by atoms with Crippen LogP contribution in [0.15, 0.2) is 24.3 Å². The second kappa shape index (κ2) is 7.32. The first-order valence-corrected chi connectivity index (χ1v) is 7.62. The molecule has 2 N–H and O–H groups in total. The van der Waals surface area contributed by atoms with Crippen LogP contribution in [0.5, 0.6) is 0 Å². The van der Waals surface area contributed by atoms with Gasteiger partial charge in [-0.1, -0.05) is 43.7 Å². The molecule has 0 aliphatic heterocycles. The van der Waals surface area contributed by atoms with Gasteiger partial charge < -0.3 is 10.4 Å². The second-order valence-corrected chi connectivity index (χ2v) is 6.42. The Labute approximate surface area is 135 Å². The van der Waals surface area contributed by atoms with Gasteiger partial charge in [-0.15, -0.1) is 10.2 Å². The largest absolute Gasteiger partial charge is 0.396 e. The van der Waals surface area contributed by atoms with E-state index in [1.54, 1.807) is 0 Å². The highest BCUT2D eigenvalue weighted by molar-refractivity contribution is 5.75. The molecule has 0 saturated heterocycles. The van der Waals surface area contributed by atoms with Gasteiger partial charge in [0.1, 0.15) is 6.54 Å². The summed E-state index contributed by atoms with van der Waals surface area (Å²) >= 11 is 0. The summed E-state index contributed by atoms with van der Waals surface area (Å²) in [5.41, 5.74) is 1.88. The fourth-order valence-electron chi connectivity index (χ4n) is 2.04. The molecule has 23 heavy (non-hydrogen) atoms. The van der Waals surface area contributed by atoms with Crippen LogP contribution in [0.25, 0.3) is 11.4 Å². The predicted molar refractivity (Wildman–Crippen MR) is 86.5 cm³/mol. The number of nitrogens with zero attached hydrogens (tertiary/aromatic N) is 4. The Morgan fingerprint density at radius 1 is 1.30 bits per heavy atom. The van der Waals surface area contributed by atoms with E-state index in [4.69, 9.17) is 5.11 Å². The van der Waals surface area contributed by atoms with Gasteiger partial charge >= 0.3 is 0 Å². The molecule has 0 saturated carbocycles. The minimum Gasteiger partial charge on any atom is -0.396 e. The number of tetrazole rings is 1. The Bertz CT molecular complexity index is 649. The molecule has 0 bridgehead atoms. The number of rotatable bonds is 7. The summed E-state index contributed by atoms with van der Waals surface area (Å²) in [5, 5.41) is 23.9. The van der Waals surface area contributed by atoms with E-state index >= 15 is 0 Å². The number of aliphatic hydroxyl groups is 1. The molecule has 2 aromatic rings. The molecule has 0 aliphatic carbocycles. The molecule has 124 valence electrons. The molecule has 2 rings (SSSR count). The lowest BCUT2D eigenvalue weighted by Gasteiger charge is -2.23. The summed E-state index contributed by atoms with van der Waals surface area (Å²) in [6.45, 7) is 6.61. The van der Waals surface area contributed by atoms with E-state index in [2.05, 4.69) is 20.7 Å². The first-order valence-electron chi connectivity index (χ1n) is 7.62. The number of aromatic nitrogens is 4. The van der Waals surface area contributed by atoms with Crippen molar-refractivity contribution in [3.63, 3.8) is 0 Å². The van der Waals surface area contributed by atoms with Crippen LogP contribution in [0.3, 0.4) is 0 Å². The van der Waals surface area contributed by atoms with E-state index < -0.39 is 0 Å². The minimum atomic E-state index is -0.177. The van der Waals surface area contributed by atoms with Crippen molar-refractivity contribution in [2.24, 2.45) is 5.41 Å². The molecule has 0 radical (unpaired) electrons. The zero-order valence-corrected chi connectivity index (χ0v) is 13.8. The molecule has 1 aromatic carbocycles. The van der Waals surface area contributed by atoms with E-state index in [1.165, 1.54) is 4.80 Å². The fraction of sp³-hybridized carbons (Fsp3) is 0.500. The molecule has 0 aliphatic rings. The van der Waals surface area contributed by atoms with Crippen molar-refractivity contribution >= 4 is 5.91 Å². The van der Waals surface area contributed by atoms with Crippen LogP contribution in [0, 0.1) is 12.3 Å². The highest BCUT2D eigenvalue weighted by Crippen LogP contribution is 2.18. The zero-order chi connectivity index (χ0) is 16.9. The van der Waals surface area contributed by atoms with Crippen molar-refractivity contribution in [3.05, 3.63) is 29.8 Å². The Balaban J connectivity index is 1.91. The van der Waals surface area contributed by atoms with Gasteiger partial charge in [0.15, 0.2) is 0 Å². The number of aryl methyl sites for hydroxylation is 1. The molecule has 0 spiro atoms. The van der Waals surface area contributed by atoms with Crippen LogP contribution >= 0.6 is 0 Å². The number of aliphatic hydroxyl groups excluding tert-OH is 1. The van der Waals surface area contributed by atoms with Crippen molar-refractivity contribution in [1.82, 2.24) is 25.5 Å². The van der Waals surface area contributed by atoms with Crippen molar-refractivity contribution in [2.75, 3.05) is 13.2 Å². The summed E-state index contributed by atoms with van der Waals surface area (Å²) in [4.78, 5) is 13.2. The lowest BCUT2D eigenvalue weighted by atomic mass is 9.90. The SMILES string of the molecule is Cc1ccc(-c2nnn(CC(=O)NCC(C)(C)CCO)n2)cc1. The minimum absolute atomic E-state index is 0.0219. The fourth-order valence-corrected chi connectivity index (χ4v) is 2.04. The molecule has 1 amide bonds. The Morgan fingerprint density at radius 2 is 2.00 bits per heavy atom. The number of nitrogens with one attached hydrogen (secondary N) is 1. The van der Waals surface area contributed by atoms with Gasteiger partial charge in [0.2, 0.25) is 11.7 Å². The maximum Gasteiger partial charge on any atom is 0.243 e. The summed E-state index contributed by atoms with van der Waals surface area (Å²) in [6.07, 6.45) is 0.631. The van der Waals surface area contributed by atoms with Crippen LogP contribution in [-0.4, -0.2) is 44.4 Å². The van der Waals surface area contributed by atoms with E-state index in [0.717, 1.165) is 11.1 Å². The molecule has 1 heterocycles. The second-order valence-electron chi connectivity index (χ2n) is 6.42. The highest BCUT2D eigenvalue weighted by Gasteiger charge is 2.18. The summed E-state index contributed by atoms with van der Waals surface area (Å²) < 4.78 is 0. The molecule has 7 nitrogen and oxygen atoms in total. The molecule has 1 aromatic heterocycles.